The van der Waals surface area contributed by atoms with Gasteiger partial charge in [0.05, 0.1) is 22.1 Å². The Hall–Kier alpha value is -6.11. The molecule has 3 nitrogen and oxygen atoms in total. The summed E-state index contributed by atoms with van der Waals surface area (Å²) in [5.41, 5.74) is 14.9. The predicted molar refractivity (Wildman–Crippen MR) is 231 cm³/mol. The van der Waals surface area contributed by atoms with Crippen LogP contribution in [-0.2, 0) is 0 Å². The largest absolute Gasteiger partial charge is 0.456 e. The normalized spacial score (nSPS) is 12.0. The van der Waals surface area contributed by atoms with Crippen LogP contribution in [0.3, 0.4) is 0 Å². The number of nitrogens with zero attached hydrogens (tertiary/aromatic N) is 2. The molecule has 0 saturated heterocycles. The standard InChI is InChI=1S/C49H31IN2O/c1-30-12-18-44-38(24-30)39-25-31(13-19-45(39)51(44)36-8-4-2-5-9-36)33-15-22-48-42(27-33)43-28-34(16-23-49(43)53-48)32-14-20-46-40(26-32)41-29-35(50)17-21-47(41)52(46)37-10-6-3-7-11-37/h2-29H,1H3. The van der Waals surface area contributed by atoms with Gasteiger partial charge in [-0.25, -0.2) is 0 Å². The molecule has 0 saturated carbocycles. The zero-order valence-corrected chi connectivity index (χ0v) is 31.0. The Kier molecular flexibility index (Phi) is 6.74. The van der Waals surface area contributed by atoms with Crippen LogP contribution in [-0.4, -0.2) is 9.13 Å². The Labute approximate surface area is 319 Å². The van der Waals surface area contributed by atoms with E-state index in [4.69, 9.17) is 4.42 Å². The molecule has 0 aliphatic carbocycles. The van der Waals surface area contributed by atoms with Crippen molar-refractivity contribution < 1.29 is 4.42 Å². The predicted octanol–water partition coefficient (Wildman–Crippen LogP) is 14.0. The van der Waals surface area contributed by atoms with E-state index in [1.54, 1.807) is 0 Å². The second-order valence-corrected chi connectivity index (χ2v) is 15.3. The molecule has 0 bridgehead atoms. The quantitative estimate of drug-likeness (QED) is 0.163. The molecule has 8 aromatic carbocycles. The van der Waals surface area contributed by atoms with Gasteiger partial charge in [0.25, 0.3) is 0 Å². The van der Waals surface area contributed by atoms with Crippen LogP contribution in [0.5, 0.6) is 0 Å². The minimum Gasteiger partial charge on any atom is -0.456 e. The van der Waals surface area contributed by atoms with Crippen molar-refractivity contribution >= 4 is 88.1 Å². The van der Waals surface area contributed by atoms with Crippen LogP contribution >= 0.6 is 22.6 Å². The fourth-order valence-electron chi connectivity index (χ4n) is 8.34. The van der Waals surface area contributed by atoms with E-state index in [1.165, 1.54) is 86.4 Å². The fourth-order valence-corrected chi connectivity index (χ4v) is 8.83. The zero-order valence-electron chi connectivity index (χ0n) is 28.8. The Balaban J connectivity index is 1.05. The number of aromatic nitrogens is 2. The third kappa shape index (κ3) is 4.79. The molecule has 4 heteroatoms. The number of benzene rings is 8. The third-order valence-electron chi connectivity index (χ3n) is 10.8. The molecular weight excluding hydrogens is 759 g/mol. The Morgan fingerprint density at radius 3 is 1.28 bits per heavy atom. The van der Waals surface area contributed by atoms with E-state index >= 15 is 0 Å². The number of aryl methyl sites for hydroxylation is 1. The SMILES string of the molecule is Cc1ccc2c(c1)c1cc(-c3ccc4oc5ccc(-c6ccc7c(c6)c6cc(I)ccc6n7-c6ccccc6)cc5c4c3)ccc1n2-c1ccccc1. The molecule has 250 valence electrons. The van der Waals surface area contributed by atoms with Crippen molar-refractivity contribution in [2.75, 3.05) is 0 Å². The molecule has 53 heavy (non-hydrogen) atoms. The third-order valence-corrected chi connectivity index (χ3v) is 11.5. The summed E-state index contributed by atoms with van der Waals surface area (Å²) in [5, 5.41) is 7.28. The maximum atomic E-state index is 6.41. The van der Waals surface area contributed by atoms with Gasteiger partial charge in [-0.2, -0.15) is 0 Å². The topological polar surface area (TPSA) is 23.0 Å². The van der Waals surface area contributed by atoms with Gasteiger partial charge in [-0.15, -0.1) is 0 Å². The molecule has 0 unspecified atom stereocenters. The summed E-state index contributed by atoms with van der Waals surface area (Å²) >= 11 is 2.42. The van der Waals surface area contributed by atoms with Gasteiger partial charge in [-0.3, -0.25) is 0 Å². The molecular formula is C49H31IN2O. The van der Waals surface area contributed by atoms with Crippen LogP contribution < -0.4 is 0 Å². The maximum absolute atomic E-state index is 6.41. The van der Waals surface area contributed by atoms with Crippen LogP contribution in [0, 0.1) is 10.5 Å². The van der Waals surface area contributed by atoms with Gasteiger partial charge in [0, 0.05) is 47.3 Å². The van der Waals surface area contributed by atoms with Crippen molar-refractivity contribution in [3.63, 3.8) is 0 Å². The van der Waals surface area contributed by atoms with Crippen molar-refractivity contribution in [1.82, 2.24) is 9.13 Å². The number of hydrogen-bond donors (Lipinski definition) is 0. The average molecular weight is 791 g/mol. The van der Waals surface area contributed by atoms with Gasteiger partial charge in [0.1, 0.15) is 11.2 Å². The van der Waals surface area contributed by atoms with E-state index in [0.717, 1.165) is 21.9 Å². The smallest absolute Gasteiger partial charge is 0.135 e. The summed E-state index contributed by atoms with van der Waals surface area (Å²) in [6.45, 7) is 2.17. The minimum absolute atomic E-state index is 0.897. The molecule has 0 radical (unpaired) electrons. The van der Waals surface area contributed by atoms with Gasteiger partial charge in [-0.1, -0.05) is 72.3 Å². The molecule has 0 amide bonds. The molecule has 0 fully saturated rings. The lowest BCUT2D eigenvalue weighted by atomic mass is 9.98. The van der Waals surface area contributed by atoms with E-state index in [2.05, 4.69) is 209 Å². The molecule has 11 rings (SSSR count). The summed E-state index contributed by atoms with van der Waals surface area (Å²) < 4.78 is 12.4. The van der Waals surface area contributed by atoms with Gasteiger partial charge in [-0.05, 0) is 155 Å². The first-order valence-corrected chi connectivity index (χ1v) is 19.0. The van der Waals surface area contributed by atoms with Gasteiger partial charge in [0.2, 0.25) is 0 Å². The Morgan fingerprint density at radius 1 is 0.377 bits per heavy atom. The molecule has 0 N–H and O–H groups in total. The summed E-state index contributed by atoms with van der Waals surface area (Å²) in [6.07, 6.45) is 0. The van der Waals surface area contributed by atoms with Crippen LogP contribution in [0.1, 0.15) is 5.56 Å². The Bertz CT molecular complexity index is 3020. The highest BCUT2D eigenvalue weighted by molar-refractivity contribution is 14.1. The summed E-state index contributed by atoms with van der Waals surface area (Å²) in [7, 11) is 0. The summed E-state index contributed by atoms with van der Waals surface area (Å²) in [5.74, 6) is 0. The molecule has 11 aromatic rings. The minimum atomic E-state index is 0.897. The number of para-hydroxylation sites is 2. The summed E-state index contributed by atoms with van der Waals surface area (Å²) in [4.78, 5) is 0. The Morgan fingerprint density at radius 2 is 0.774 bits per heavy atom. The molecule has 0 atom stereocenters. The van der Waals surface area contributed by atoms with Crippen molar-refractivity contribution in [1.29, 1.82) is 0 Å². The van der Waals surface area contributed by atoms with Gasteiger partial charge in [0.15, 0.2) is 0 Å². The van der Waals surface area contributed by atoms with E-state index in [9.17, 15) is 0 Å². The number of rotatable bonds is 4. The van der Waals surface area contributed by atoms with Crippen molar-refractivity contribution in [3.8, 4) is 33.6 Å². The second-order valence-electron chi connectivity index (χ2n) is 14.0. The second kappa shape index (κ2) is 11.7. The molecule has 0 aliphatic rings. The van der Waals surface area contributed by atoms with Crippen molar-refractivity contribution in [2.24, 2.45) is 0 Å². The number of furan rings is 1. The lowest BCUT2D eigenvalue weighted by Gasteiger charge is -2.08. The first-order valence-electron chi connectivity index (χ1n) is 17.9. The van der Waals surface area contributed by atoms with E-state index in [0.29, 0.717) is 0 Å². The molecule has 3 aromatic heterocycles. The van der Waals surface area contributed by atoms with Crippen LogP contribution in [0.2, 0.25) is 0 Å². The van der Waals surface area contributed by atoms with Gasteiger partial charge < -0.3 is 13.6 Å². The van der Waals surface area contributed by atoms with Crippen LogP contribution in [0.25, 0.3) is 99.2 Å². The van der Waals surface area contributed by atoms with Gasteiger partial charge >= 0.3 is 0 Å². The first-order chi connectivity index (χ1) is 26.1. The van der Waals surface area contributed by atoms with Crippen molar-refractivity contribution in [3.05, 3.63) is 179 Å². The monoisotopic (exact) mass is 790 g/mol. The lowest BCUT2D eigenvalue weighted by Crippen LogP contribution is -1.93. The van der Waals surface area contributed by atoms with E-state index in [-0.39, 0.29) is 0 Å². The highest BCUT2D eigenvalue weighted by Gasteiger charge is 2.17. The lowest BCUT2D eigenvalue weighted by molar-refractivity contribution is 0.669. The highest BCUT2D eigenvalue weighted by Crippen LogP contribution is 2.40. The number of hydrogen-bond acceptors (Lipinski definition) is 1. The molecule has 0 aliphatic heterocycles. The number of fused-ring (bicyclic) bond motifs is 9. The van der Waals surface area contributed by atoms with Crippen LogP contribution in [0.15, 0.2) is 174 Å². The van der Waals surface area contributed by atoms with E-state index in [1.807, 2.05) is 0 Å². The average Bonchev–Trinajstić information content (AvgIpc) is 3.84. The number of halogens is 1. The maximum Gasteiger partial charge on any atom is 0.135 e. The summed E-state index contributed by atoms with van der Waals surface area (Å²) in [6, 6.07) is 61.8. The first kappa shape index (κ1) is 30.5. The zero-order chi connectivity index (χ0) is 35.2. The fraction of sp³-hybridized carbons (Fsp3) is 0.0204. The molecule has 3 heterocycles. The molecule has 0 spiro atoms. The van der Waals surface area contributed by atoms with E-state index < -0.39 is 0 Å². The van der Waals surface area contributed by atoms with Crippen molar-refractivity contribution in [2.45, 2.75) is 6.92 Å². The highest BCUT2D eigenvalue weighted by atomic mass is 127. The van der Waals surface area contributed by atoms with Crippen LogP contribution in [0.4, 0.5) is 0 Å².